The first-order valence-electron chi connectivity index (χ1n) is 8.35. The third kappa shape index (κ3) is 3.20. The summed E-state index contributed by atoms with van der Waals surface area (Å²) in [4.78, 5) is 8.61. The van der Waals surface area contributed by atoms with Crippen molar-refractivity contribution in [3.05, 3.63) is 96.8 Å². The Hall–Kier alpha value is -3.26. The molecule has 2 nitrogen and oxygen atoms in total. The Kier molecular flexibility index (Phi) is 4.09. The number of hydrogen-bond donors (Lipinski definition) is 0. The highest BCUT2D eigenvalue weighted by molar-refractivity contribution is 5.76. The minimum atomic E-state index is 0.753. The van der Waals surface area contributed by atoms with Gasteiger partial charge in [-0.3, -0.25) is 0 Å². The second-order valence-corrected chi connectivity index (χ2v) is 6.05. The summed E-state index contributed by atoms with van der Waals surface area (Å²) in [6.07, 6.45) is 3.53. The van der Waals surface area contributed by atoms with E-state index in [1.165, 1.54) is 27.8 Å². The molecule has 0 aliphatic rings. The van der Waals surface area contributed by atoms with Crippen LogP contribution in [0.25, 0.3) is 33.6 Å². The van der Waals surface area contributed by atoms with Gasteiger partial charge in [-0.1, -0.05) is 66.7 Å². The van der Waals surface area contributed by atoms with Crippen LogP contribution in [0.4, 0.5) is 0 Å². The molecule has 0 spiro atoms. The Balaban J connectivity index is 1.71. The summed E-state index contributed by atoms with van der Waals surface area (Å²) in [5.41, 5.74) is 7.23. The predicted molar refractivity (Wildman–Crippen MR) is 103 cm³/mol. The van der Waals surface area contributed by atoms with Crippen molar-refractivity contribution in [3.63, 3.8) is 0 Å². The van der Waals surface area contributed by atoms with Crippen molar-refractivity contribution in [3.8, 4) is 33.6 Å². The smallest absolute Gasteiger partial charge is 0.159 e. The number of aryl methyl sites for hydroxylation is 1. The fraction of sp³-hybridized carbons (Fsp3) is 0.0435. The largest absolute Gasteiger partial charge is 0.237 e. The molecule has 1 heterocycles. The van der Waals surface area contributed by atoms with Gasteiger partial charge in [0.2, 0.25) is 0 Å². The summed E-state index contributed by atoms with van der Waals surface area (Å²) in [6.45, 7) is 2.15. The van der Waals surface area contributed by atoms with Crippen LogP contribution in [0.2, 0.25) is 0 Å². The van der Waals surface area contributed by atoms with E-state index in [4.69, 9.17) is 0 Å². The Morgan fingerprint density at radius 2 is 1.20 bits per heavy atom. The highest BCUT2D eigenvalue weighted by atomic mass is 14.8. The maximum Gasteiger partial charge on any atom is 0.159 e. The van der Waals surface area contributed by atoms with Gasteiger partial charge in [0, 0.05) is 18.0 Å². The molecular formula is C23H18N2. The van der Waals surface area contributed by atoms with Crippen LogP contribution in [0.3, 0.4) is 0 Å². The zero-order chi connectivity index (χ0) is 17.1. The van der Waals surface area contributed by atoms with Gasteiger partial charge in [-0.15, -0.1) is 0 Å². The number of aromatic nitrogens is 2. The molecule has 0 aliphatic carbocycles. The normalized spacial score (nSPS) is 10.6. The summed E-state index contributed by atoms with van der Waals surface area (Å²) < 4.78 is 0. The first kappa shape index (κ1) is 15.3. The maximum absolute atomic E-state index is 4.31. The topological polar surface area (TPSA) is 25.8 Å². The molecule has 3 aromatic carbocycles. The molecule has 120 valence electrons. The summed E-state index contributed by atoms with van der Waals surface area (Å²) in [5.74, 6) is 0.753. The Labute approximate surface area is 147 Å². The van der Waals surface area contributed by atoms with E-state index in [1.54, 1.807) is 12.4 Å². The lowest BCUT2D eigenvalue weighted by Crippen LogP contribution is -1.88. The van der Waals surface area contributed by atoms with Gasteiger partial charge in [0.05, 0.1) is 0 Å². The molecule has 4 aromatic rings. The summed E-state index contributed by atoms with van der Waals surface area (Å²) in [5, 5.41) is 0. The van der Waals surface area contributed by atoms with Gasteiger partial charge in [0.25, 0.3) is 0 Å². The van der Waals surface area contributed by atoms with E-state index in [-0.39, 0.29) is 0 Å². The van der Waals surface area contributed by atoms with Crippen molar-refractivity contribution in [1.82, 2.24) is 9.97 Å². The van der Waals surface area contributed by atoms with E-state index in [1.807, 2.05) is 12.1 Å². The quantitative estimate of drug-likeness (QED) is 0.477. The van der Waals surface area contributed by atoms with Gasteiger partial charge in [0.15, 0.2) is 5.82 Å². The van der Waals surface area contributed by atoms with Gasteiger partial charge in [-0.2, -0.15) is 0 Å². The van der Waals surface area contributed by atoms with Gasteiger partial charge in [-0.25, -0.2) is 9.97 Å². The molecule has 25 heavy (non-hydrogen) atoms. The van der Waals surface area contributed by atoms with Crippen molar-refractivity contribution in [2.75, 3.05) is 0 Å². The molecule has 2 heteroatoms. The average molecular weight is 322 g/mol. The van der Waals surface area contributed by atoms with E-state index < -0.39 is 0 Å². The minimum Gasteiger partial charge on any atom is -0.237 e. The first-order chi connectivity index (χ1) is 12.3. The van der Waals surface area contributed by atoms with Crippen LogP contribution < -0.4 is 0 Å². The predicted octanol–water partition coefficient (Wildman–Crippen LogP) is 5.79. The van der Waals surface area contributed by atoms with Crippen molar-refractivity contribution in [1.29, 1.82) is 0 Å². The summed E-state index contributed by atoms with van der Waals surface area (Å²) in [7, 11) is 0. The van der Waals surface area contributed by atoms with Crippen LogP contribution in [0, 0.1) is 6.92 Å². The Bertz CT molecular complexity index is 975. The van der Waals surface area contributed by atoms with Crippen molar-refractivity contribution in [2.24, 2.45) is 0 Å². The lowest BCUT2D eigenvalue weighted by atomic mass is 9.95. The zero-order valence-corrected chi connectivity index (χ0v) is 14.1. The summed E-state index contributed by atoms with van der Waals surface area (Å²) in [6, 6.07) is 27.4. The highest BCUT2D eigenvalue weighted by Gasteiger charge is 2.06. The zero-order valence-electron chi connectivity index (χ0n) is 14.1. The van der Waals surface area contributed by atoms with E-state index in [2.05, 4.69) is 83.6 Å². The lowest BCUT2D eigenvalue weighted by molar-refractivity contribution is 1.18. The Morgan fingerprint density at radius 3 is 1.92 bits per heavy atom. The van der Waals surface area contributed by atoms with Gasteiger partial charge in [-0.05, 0) is 46.9 Å². The van der Waals surface area contributed by atoms with Gasteiger partial charge in [0.1, 0.15) is 0 Å². The van der Waals surface area contributed by atoms with Crippen LogP contribution >= 0.6 is 0 Å². The minimum absolute atomic E-state index is 0.753. The average Bonchev–Trinajstić information content (AvgIpc) is 2.70. The second-order valence-electron chi connectivity index (χ2n) is 6.05. The van der Waals surface area contributed by atoms with E-state index in [0.717, 1.165) is 11.4 Å². The van der Waals surface area contributed by atoms with Crippen LogP contribution in [0.15, 0.2) is 91.3 Å². The monoisotopic (exact) mass is 322 g/mol. The highest BCUT2D eigenvalue weighted by Crippen LogP contribution is 2.30. The van der Waals surface area contributed by atoms with Crippen molar-refractivity contribution in [2.45, 2.75) is 6.92 Å². The van der Waals surface area contributed by atoms with Crippen LogP contribution in [-0.2, 0) is 0 Å². The molecule has 0 atom stereocenters. The Morgan fingerprint density at radius 1 is 0.560 bits per heavy atom. The third-order valence-electron chi connectivity index (χ3n) is 4.36. The molecule has 0 aliphatic heterocycles. The number of hydrogen-bond acceptors (Lipinski definition) is 2. The van der Waals surface area contributed by atoms with Crippen molar-refractivity contribution >= 4 is 0 Å². The lowest BCUT2D eigenvalue weighted by Gasteiger charge is -2.10. The molecule has 4 rings (SSSR count). The van der Waals surface area contributed by atoms with E-state index >= 15 is 0 Å². The number of nitrogens with zero attached hydrogens (tertiary/aromatic N) is 2. The molecule has 0 fully saturated rings. The molecule has 0 amide bonds. The molecule has 0 saturated heterocycles. The fourth-order valence-corrected chi connectivity index (χ4v) is 2.99. The van der Waals surface area contributed by atoms with E-state index in [0.29, 0.717) is 0 Å². The van der Waals surface area contributed by atoms with Crippen molar-refractivity contribution < 1.29 is 0 Å². The molecule has 0 radical (unpaired) electrons. The second kappa shape index (κ2) is 6.70. The first-order valence-corrected chi connectivity index (χ1v) is 8.35. The van der Waals surface area contributed by atoms with Crippen LogP contribution in [0.5, 0.6) is 0 Å². The third-order valence-corrected chi connectivity index (χ3v) is 4.36. The molecule has 0 N–H and O–H groups in total. The maximum atomic E-state index is 4.31. The van der Waals surface area contributed by atoms with Gasteiger partial charge >= 0.3 is 0 Å². The molecule has 0 bridgehead atoms. The molecular weight excluding hydrogens is 304 g/mol. The van der Waals surface area contributed by atoms with Gasteiger partial charge < -0.3 is 0 Å². The SMILES string of the molecule is Cc1ccc(-c2ccc(-c3ncccn3)cc2)cc1-c1ccccc1. The number of rotatable bonds is 3. The molecule has 0 saturated carbocycles. The van der Waals surface area contributed by atoms with Crippen LogP contribution in [0.1, 0.15) is 5.56 Å². The molecule has 0 unspecified atom stereocenters. The summed E-state index contributed by atoms with van der Waals surface area (Å²) >= 11 is 0. The number of benzene rings is 3. The van der Waals surface area contributed by atoms with Crippen LogP contribution in [-0.4, -0.2) is 9.97 Å². The fourth-order valence-electron chi connectivity index (χ4n) is 2.99. The van der Waals surface area contributed by atoms with E-state index in [9.17, 15) is 0 Å². The standard InChI is InChI=1S/C23H18N2/c1-17-8-9-21(16-22(17)19-6-3-2-4-7-19)18-10-12-20(13-11-18)23-24-14-5-15-25-23/h2-16H,1H3. The molecule has 1 aromatic heterocycles.